The first kappa shape index (κ1) is 23.0. The number of carboxylic acid groups (broad SMARTS) is 1. The molecule has 2 aromatic rings. The van der Waals surface area contributed by atoms with Crippen LogP contribution in [0.25, 0.3) is 10.8 Å². The molecule has 3 unspecified atom stereocenters. The minimum Gasteiger partial charge on any atom is -0.489 e. The highest BCUT2D eigenvalue weighted by Crippen LogP contribution is 2.45. The van der Waals surface area contributed by atoms with Crippen molar-refractivity contribution < 1.29 is 14.6 Å². The van der Waals surface area contributed by atoms with E-state index in [1.54, 1.807) is 0 Å². The monoisotopic (exact) mass is 469 g/mol. The molecule has 3 atom stereocenters. The minimum atomic E-state index is -0.628. The normalized spacial score (nSPS) is 30.9. The Hall–Kier alpha value is -1.78. The molecule has 3 aliphatic rings. The van der Waals surface area contributed by atoms with Crippen LogP contribution >= 0.6 is 11.6 Å². The second kappa shape index (κ2) is 9.46. The maximum absolute atomic E-state index is 11.6. The van der Waals surface area contributed by atoms with Gasteiger partial charge in [0, 0.05) is 23.5 Å². The number of carboxylic acids is 1. The summed E-state index contributed by atoms with van der Waals surface area (Å²) in [6.07, 6.45) is 9.67. The Balaban J connectivity index is 1.41. The lowest BCUT2D eigenvalue weighted by atomic mass is 9.87. The number of hydrogen-bond donors (Lipinski definition) is 1. The lowest BCUT2D eigenvalue weighted by Gasteiger charge is -2.42. The number of piperidine rings is 1. The van der Waals surface area contributed by atoms with Gasteiger partial charge in [0.15, 0.2) is 0 Å². The maximum Gasteiger partial charge on any atom is 0.306 e. The van der Waals surface area contributed by atoms with Gasteiger partial charge in [0.2, 0.25) is 0 Å². The molecule has 3 fully saturated rings. The third kappa shape index (κ3) is 4.49. The number of aliphatic carboxylic acids is 1. The van der Waals surface area contributed by atoms with Crippen molar-refractivity contribution >= 4 is 28.3 Å². The molecular weight excluding hydrogens is 434 g/mol. The zero-order chi connectivity index (χ0) is 23.1. The van der Waals surface area contributed by atoms with Crippen LogP contribution in [-0.2, 0) is 4.79 Å². The van der Waals surface area contributed by atoms with Crippen molar-refractivity contribution in [1.82, 2.24) is 4.90 Å². The number of rotatable bonds is 6. The first-order valence-corrected chi connectivity index (χ1v) is 13.2. The van der Waals surface area contributed by atoms with E-state index in [-0.39, 0.29) is 12.0 Å². The zero-order valence-corrected chi connectivity index (χ0v) is 20.6. The van der Waals surface area contributed by atoms with Gasteiger partial charge in [-0.05, 0) is 86.8 Å². The van der Waals surface area contributed by atoms with E-state index >= 15 is 0 Å². The van der Waals surface area contributed by atoms with E-state index < -0.39 is 5.97 Å². The van der Waals surface area contributed by atoms with Crippen molar-refractivity contribution in [2.75, 3.05) is 0 Å². The summed E-state index contributed by atoms with van der Waals surface area (Å²) in [5.41, 5.74) is 1.28. The Morgan fingerprint density at radius 1 is 1.09 bits per heavy atom. The number of hydrogen-bond acceptors (Lipinski definition) is 3. The molecule has 1 N–H and O–H groups in total. The minimum absolute atomic E-state index is 0.190. The Kier molecular flexibility index (Phi) is 6.59. The van der Waals surface area contributed by atoms with Crippen LogP contribution in [0.15, 0.2) is 30.3 Å². The smallest absolute Gasteiger partial charge is 0.306 e. The molecule has 0 radical (unpaired) electrons. The van der Waals surface area contributed by atoms with Gasteiger partial charge in [-0.25, -0.2) is 0 Å². The van der Waals surface area contributed by atoms with Gasteiger partial charge in [0.1, 0.15) is 5.75 Å². The fourth-order valence-electron chi connectivity index (χ4n) is 6.65. The Morgan fingerprint density at radius 2 is 1.76 bits per heavy atom. The van der Waals surface area contributed by atoms with Crippen LogP contribution in [0.5, 0.6) is 5.75 Å². The van der Waals surface area contributed by atoms with E-state index in [9.17, 15) is 9.90 Å². The highest BCUT2D eigenvalue weighted by Gasteiger charge is 2.45. The topological polar surface area (TPSA) is 49.8 Å². The van der Waals surface area contributed by atoms with Gasteiger partial charge >= 0.3 is 5.97 Å². The highest BCUT2D eigenvalue weighted by atomic mass is 35.5. The summed E-state index contributed by atoms with van der Waals surface area (Å²) in [6.45, 7) is 4.56. The molecule has 2 aliphatic heterocycles. The number of halogens is 1. The van der Waals surface area contributed by atoms with Gasteiger partial charge < -0.3 is 9.84 Å². The largest absolute Gasteiger partial charge is 0.489 e. The van der Waals surface area contributed by atoms with Crippen LogP contribution in [0.1, 0.15) is 83.2 Å². The summed E-state index contributed by atoms with van der Waals surface area (Å²) in [7, 11) is 0. The zero-order valence-electron chi connectivity index (χ0n) is 19.8. The maximum atomic E-state index is 11.6. The molecule has 5 heteroatoms. The van der Waals surface area contributed by atoms with Crippen LogP contribution in [0.4, 0.5) is 0 Å². The fourth-order valence-corrected chi connectivity index (χ4v) is 6.92. The van der Waals surface area contributed by atoms with E-state index in [1.165, 1.54) is 18.4 Å². The Bertz CT molecular complexity index is 1000. The average molecular weight is 470 g/mol. The quantitative estimate of drug-likeness (QED) is 0.484. The molecule has 2 saturated heterocycles. The van der Waals surface area contributed by atoms with Crippen LogP contribution in [0, 0.1) is 11.8 Å². The fraction of sp³-hybridized carbons (Fsp3) is 0.607. The standard InChI is InChI=1S/C28H36ClNO3/c1-3-25(30-21-9-10-22(30)15-20(14-21)28(31)32)19-7-6-18-8-13-26(27(29)24(18)16-19)33-23-11-4-17(2)5-12-23/h6-8,13,16-17,20-23,25H,3-5,9-12,14-15H2,1-2H3,(H,31,32). The summed E-state index contributed by atoms with van der Waals surface area (Å²) in [6, 6.07) is 11.8. The summed E-state index contributed by atoms with van der Waals surface area (Å²) in [4.78, 5) is 14.2. The summed E-state index contributed by atoms with van der Waals surface area (Å²) >= 11 is 6.91. The number of nitrogens with zero attached hydrogens (tertiary/aromatic N) is 1. The van der Waals surface area contributed by atoms with Crippen LogP contribution < -0.4 is 4.74 Å². The van der Waals surface area contributed by atoms with Crippen LogP contribution in [-0.4, -0.2) is 34.2 Å². The molecule has 0 spiro atoms. The molecule has 2 aromatic carbocycles. The highest BCUT2D eigenvalue weighted by molar-refractivity contribution is 6.37. The van der Waals surface area contributed by atoms with Crippen LogP contribution in [0.2, 0.25) is 5.02 Å². The molecule has 0 aromatic heterocycles. The SMILES string of the molecule is CCC(c1ccc2ccc(OC3CCC(C)CC3)c(Cl)c2c1)N1C2CCC1CC(C(=O)O)C2. The van der Waals surface area contributed by atoms with Crippen molar-refractivity contribution in [2.45, 2.75) is 95.9 Å². The van der Waals surface area contributed by atoms with Crippen molar-refractivity contribution in [2.24, 2.45) is 11.8 Å². The van der Waals surface area contributed by atoms with E-state index in [2.05, 4.69) is 43.0 Å². The van der Waals surface area contributed by atoms with Crippen molar-refractivity contribution in [3.05, 3.63) is 40.9 Å². The lowest BCUT2D eigenvalue weighted by Crippen LogP contribution is -2.46. The number of benzene rings is 2. The first-order valence-electron chi connectivity index (χ1n) is 12.8. The number of carbonyl (C=O) groups is 1. The van der Waals surface area contributed by atoms with E-state index in [4.69, 9.17) is 16.3 Å². The van der Waals surface area contributed by atoms with E-state index in [0.29, 0.717) is 18.1 Å². The molecule has 0 amide bonds. The van der Waals surface area contributed by atoms with Gasteiger partial charge in [-0.1, -0.05) is 43.6 Å². The molecule has 5 rings (SSSR count). The van der Waals surface area contributed by atoms with Gasteiger partial charge in [-0.15, -0.1) is 0 Å². The van der Waals surface area contributed by atoms with Crippen LogP contribution in [0.3, 0.4) is 0 Å². The third-order valence-electron chi connectivity index (χ3n) is 8.47. The predicted octanol–water partition coefficient (Wildman–Crippen LogP) is 7.23. The third-order valence-corrected chi connectivity index (χ3v) is 8.86. The summed E-state index contributed by atoms with van der Waals surface area (Å²) in [5, 5.41) is 12.5. The van der Waals surface area contributed by atoms with Gasteiger partial charge in [0.25, 0.3) is 0 Å². The molecule has 2 heterocycles. The van der Waals surface area contributed by atoms with Gasteiger partial charge in [0.05, 0.1) is 17.0 Å². The second-order valence-electron chi connectivity index (χ2n) is 10.6. The van der Waals surface area contributed by atoms with Crippen molar-refractivity contribution in [1.29, 1.82) is 0 Å². The van der Waals surface area contributed by atoms with Gasteiger partial charge in [-0.2, -0.15) is 0 Å². The van der Waals surface area contributed by atoms with E-state index in [1.807, 2.05) is 6.07 Å². The summed E-state index contributed by atoms with van der Waals surface area (Å²) in [5.74, 6) is 0.777. The average Bonchev–Trinajstić information content (AvgIpc) is 3.06. The molecule has 1 saturated carbocycles. The first-order chi connectivity index (χ1) is 15.9. The lowest BCUT2D eigenvalue weighted by molar-refractivity contribution is -0.144. The summed E-state index contributed by atoms with van der Waals surface area (Å²) < 4.78 is 6.37. The second-order valence-corrected chi connectivity index (χ2v) is 11.0. The van der Waals surface area contributed by atoms with E-state index in [0.717, 1.165) is 72.4 Å². The number of fused-ring (bicyclic) bond motifs is 3. The van der Waals surface area contributed by atoms with Gasteiger partial charge in [-0.3, -0.25) is 9.69 Å². The van der Waals surface area contributed by atoms with Crippen molar-refractivity contribution in [3.63, 3.8) is 0 Å². The molecule has 33 heavy (non-hydrogen) atoms. The Labute approximate surface area is 202 Å². The number of ether oxygens (including phenoxy) is 1. The molecule has 2 bridgehead atoms. The predicted molar refractivity (Wildman–Crippen MR) is 133 cm³/mol. The molecule has 4 nitrogen and oxygen atoms in total. The molecule has 1 aliphatic carbocycles. The molecule has 178 valence electrons. The molecular formula is C28H36ClNO3. The van der Waals surface area contributed by atoms with Crippen molar-refractivity contribution in [3.8, 4) is 5.75 Å². The Morgan fingerprint density at radius 3 is 2.39 bits per heavy atom.